The lowest BCUT2D eigenvalue weighted by Crippen LogP contribution is -2.36. The molecule has 1 saturated heterocycles. The molecule has 3 heteroatoms. The number of hydrogen-bond donors (Lipinski definition) is 0. The van der Waals surface area contributed by atoms with Crippen molar-refractivity contribution < 1.29 is 0 Å². The fourth-order valence-electron chi connectivity index (χ4n) is 2.13. The molecule has 0 radical (unpaired) electrons. The van der Waals surface area contributed by atoms with Crippen LogP contribution in [0, 0.1) is 0 Å². The highest BCUT2D eigenvalue weighted by atomic mass is 35.5. The molecule has 0 amide bonds. The van der Waals surface area contributed by atoms with Gasteiger partial charge in [0.15, 0.2) is 0 Å². The molecule has 1 aliphatic rings. The molecule has 2 rings (SSSR count). The molecule has 2 heterocycles. The van der Waals surface area contributed by atoms with E-state index in [1.165, 1.54) is 31.4 Å². The van der Waals surface area contributed by atoms with E-state index in [1.807, 2.05) is 12.3 Å². The van der Waals surface area contributed by atoms with Gasteiger partial charge in [-0.25, -0.2) is 4.98 Å². The molecule has 1 aromatic rings. The van der Waals surface area contributed by atoms with Crippen LogP contribution in [0.3, 0.4) is 0 Å². The molecule has 1 aromatic heterocycles. The monoisotopic (exact) mass is 224 g/mol. The molecule has 0 aromatic carbocycles. The fourth-order valence-corrected chi connectivity index (χ4v) is 2.24. The number of pyridine rings is 1. The minimum absolute atomic E-state index is 0.574. The zero-order valence-corrected chi connectivity index (χ0v) is 9.87. The van der Waals surface area contributed by atoms with E-state index in [0.717, 1.165) is 6.54 Å². The summed E-state index contributed by atoms with van der Waals surface area (Å²) < 4.78 is 0. The summed E-state index contributed by atoms with van der Waals surface area (Å²) in [6.07, 6.45) is 5.90. The summed E-state index contributed by atoms with van der Waals surface area (Å²) in [6.45, 7) is 4.53. The van der Waals surface area contributed by atoms with Crippen LogP contribution in [0.5, 0.6) is 0 Å². The van der Waals surface area contributed by atoms with Gasteiger partial charge in [0.2, 0.25) is 0 Å². The number of hydrogen-bond acceptors (Lipinski definition) is 2. The van der Waals surface area contributed by atoms with Gasteiger partial charge in [-0.2, -0.15) is 0 Å². The lowest BCUT2D eigenvalue weighted by atomic mass is 10.0. The quantitative estimate of drug-likeness (QED) is 0.718. The minimum Gasteiger partial charge on any atom is -0.296 e. The van der Waals surface area contributed by atoms with E-state index in [9.17, 15) is 0 Å². The summed E-state index contributed by atoms with van der Waals surface area (Å²) >= 11 is 5.76. The van der Waals surface area contributed by atoms with Crippen molar-refractivity contribution in [3.05, 3.63) is 29.0 Å². The first-order chi connectivity index (χ1) is 7.25. The average molecular weight is 225 g/mol. The predicted octanol–water partition coefficient (Wildman–Crippen LogP) is 3.11. The second kappa shape index (κ2) is 4.95. The van der Waals surface area contributed by atoms with Crippen molar-refractivity contribution in [1.29, 1.82) is 0 Å². The first kappa shape index (κ1) is 10.9. The van der Waals surface area contributed by atoms with Crippen molar-refractivity contribution in [3.63, 3.8) is 0 Å². The van der Waals surface area contributed by atoms with Crippen LogP contribution in [-0.2, 0) is 6.54 Å². The van der Waals surface area contributed by atoms with E-state index < -0.39 is 0 Å². The van der Waals surface area contributed by atoms with Gasteiger partial charge in [-0.3, -0.25) is 4.90 Å². The third-order valence-electron chi connectivity index (χ3n) is 3.11. The zero-order valence-electron chi connectivity index (χ0n) is 9.12. The number of rotatable bonds is 2. The van der Waals surface area contributed by atoms with Gasteiger partial charge < -0.3 is 0 Å². The van der Waals surface area contributed by atoms with Gasteiger partial charge in [0, 0.05) is 18.8 Å². The summed E-state index contributed by atoms with van der Waals surface area (Å²) in [5, 5.41) is 0.574. The Kier molecular flexibility index (Phi) is 3.60. The number of piperidine rings is 1. The average Bonchev–Trinajstić information content (AvgIpc) is 2.25. The Labute approximate surface area is 96.3 Å². The molecular formula is C12H17ClN2. The van der Waals surface area contributed by atoms with Gasteiger partial charge in [0.25, 0.3) is 0 Å². The van der Waals surface area contributed by atoms with E-state index in [4.69, 9.17) is 11.6 Å². The molecule has 0 unspecified atom stereocenters. The third kappa shape index (κ3) is 2.93. The molecule has 0 N–H and O–H groups in total. The number of likely N-dealkylation sites (tertiary alicyclic amines) is 1. The van der Waals surface area contributed by atoms with Gasteiger partial charge in [-0.1, -0.05) is 24.1 Å². The summed E-state index contributed by atoms with van der Waals surface area (Å²) in [5.41, 5.74) is 1.26. The summed E-state index contributed by atoms with van der Waals surface area (Å²) in [7, 11) is 0. The van der Waals surface area contributed by atoms with E-state index >= 15 is 0 Å². The van der Waals surface area contributed by atoms with Crippen molar-refractivity contribution in [3.8, 4) is 0 Å². The normalized spacial score (nSPS) is 22.9. The van der Waals surface area contributed by atoms with Gasteiger partial charge in [0.1, 0.15) is 5.15 Å². The van der Waals surface area contributed by atoms with Crippen LogP contribution < -0.4 is 0 Å². The van der Waals surface area contributed by atoms with Crippen LogP contribution in [0.2, 0.25) is 5.15 Å². The summed E-state index contributed by atoms with van der Waals surface area (Å²) in [4.78, 5) is 6.63. The Balaban J connectivity index is 1.98. The maximum atomic E-state index is 5.76. The van der Waals surface area contributed by atoms with E-state index in [0.29, 0.717) is 11.2 Å². The third-order valence-corrected chi connectivity index (χ3v) is 3.34. The van der Waals surface area contributed by atoms with Crippen LogP contribution in [0.1, 0.15) is 31.7 Å². The zero-order chi connectivity index (χ0) is 10.7. The minimum atomic E-state index is 0.574. The van der Waals surface area contributed by atoms with Crippen LogP contribution in [0.15, 0.2) is 18.3 Å². The molecule has 0 aliphatic carbocycles. The molecule has 82 valence electrons. The van der Waals surface area contributed by atoms with Crippen molar-refractivity contribution in [2.45, 2.75) is 38.8 Å². The van der Waals surface area contributed by atoms with Crippen molar-refractivity contribution in [2.75, 3.05) is 6.54 Å². The van der Waals surface area contributed by atoms with Crippen LogP contribution in [0.25, 0.3) is 0 Å². The largest absolute Gasteiger partial charge is 0.296 e. The second-order valence-electron chi connectivity index (χ2n) is 4.30. The Morgan fingerprint density at radius 1 is 1.47 bits per heavy atom. The molecule has 1 atom stereocenters. The molecule has 0 spiro atoms. The summed E-state index contributed by atoms with van der Waals surface area (Å²) in [6, 6.07) is 4.64. The summed E-state index contributed by atoms with van der Waals surface area (Å²) in [5.74, 6) is 0. The van der Waals surface area contributed by atoms with E-state index in [1.54, 1.807) is 0 Å². The fraction of sp³-hybridized carbons (Fsp3) is 0.583. The maximum absolute atomic E-state index is 5.76. The number of nitrogens with zero attached hydrogens (tertiary/aromatic N) is 2. The smallest absolute Gasteiger partial charge is 0.129 e. The van der Waals surface area contributed by atoms with E-state index in [2.05, 4.69) is 22.9 Å². The highest BCUT2D eigenvalue weighted by molar-refractivity contribution is 6.29. The lowest BCUT2D eigenvalue weighted by Gasteiger charge is -2.33. The van der Waals surface area contributed by atoms with Crippen molar-refractivity contribution in [1.82, 2.24) is 9.88 Å². The molecule has 0 bridgehead atoms. The Hall–Kier alpha value is -0.600. The van der Waals surface area contributed by atoms with Crippen LogP contribution >= 0.6 is 11.6 Å². The molecular weight excluding hydrogens is 208 g/mol. The second-order valence-corrected chi connectivity index (χ2v) is 4.69. The Morgan fingerprint density at radius 3 is 3.00 bits per heavy atom. The van der Waals surface area contributed by atoms with Gasteiger partial charge in [-0.05, 0) is 37.9 Å². The highest BCUT2D eigenvalue weighted by Gasteiger charge is 2.17. The predicted molar refractivity (Wildman–Crippen MR) is 63.0 cm³/mol. The lowest BCUT2D eigenvalue weighted by molar-refractivity contribution is 0.152. The Morgan fingerprint density at radius 2 is 2.33 bits per heavy atom. The molecule has 1 aliphatic heterocycles. The maximum Gasteiger partial charge on any atom is 0.129 e. The van der Waals surface area contributed by atoms with Crippen LogP contribution in [-0.4, -0.2) is 22.5 Å². The SMILES string of the molecule is C[C@@H]1CCCCN1Cc1ccc(Cl)nc1. The van der Waals surface area contributed by atoms with Gasteiger partial charge in [-0.15, -0.1) is 0 Å². The molecule has 1 fully saturated rings. The molecule has 0 saturated carbocycles. The van der Waals surface area contributed by atoms with Gasteiger partial charge in [0.05, 0.1) is 0 Å². The van der Waals surface area contributed by atoms with E-state index in [-0.39, 0.29) is 0 Å². The topological polar surface area (TPSA) is 16.1 Å². The van der Waals surface area contributed by atoms with Crippen LogP contribution in [0.4, 0.5) is 0 Å². The Bertz CT molecular complexity index is 310. The molecule has 2 nitrogen and oxygen atoms in total. The van der Waals surface area contributed by atoms with Crippen molar-refractivity contribution >= 4 is 11.6 Å². The highest BCUT2D eigenvalue weighted by Crippen LogP contribution is 2.19. The number of halogens is 1. The number of aromatic nitrogens is 1. The molecule has 15 heavy (non-hydrogen) atoms. The first-order valence-electron chi connectivity index (χ1n) is 5.60. The van der Waals surface area contributed by atoms with Gasteiger partial charge >= 0.3 is 0 Å². The van der Waals surface area contributed by atoms with Crippen molar-refractivity contribution in [2.24, 2.45) is 0 Å². The first-order valence-corrected chi connectivity index (χ1v) is 5.98. The standard InChI is InChI=1S/C12H17ClN2/c1-10-4-2-3-7-15(10)9-11-5-6-12(13)14-8-11/h5-6,8,10H,2-4,7,9H2,1H3/t10-/m1/s1.